The summed E-state index contributed by atoms with van der Waals surface area (Å²) in [5.41, 5.74) is -0.366. The van der Waals surface area contributed by atoms with Gasteiger partial charge in [-0.1, -0.05) is 69.2 Å². The van der Waals surface area contributed by atoms with Gasteiger partial charge in [0.25, 0.3) is 5.56 Å². The smallest absolute Gasteiger partial charge is 0.474 e. The second-order valence-electron chi connectivity index (χ2n) is 18.1. The Bertz CT molecular complexity index is 2270. The minimum absolute atomic E-state index is 0.0391. The minimum Gasteiger partial charge on any atom is -0.474 e. The number of carbonyl (C=O) groups is 1. The lowest BCUT2D eigenvalue weighted by atomic mass is 10.1. The van der Waals surface area contributed by atoms with E-state index in [0.717, 1.165) is 0 Å². The van der Waals surface area contributed by atoms with Crippen molar-refractivity contribution in [3.63, 3.8) is 0 Å². The average Bonchev–Trinajstić information content (AvgIpc) is 3.91. The van der Waals surface area contributed by atoms with Crippen LogP contribution in [-0.2, 0) is 57.0 Å². The Kier molecular flexibility index (Phi) is 17.1. The van der Waals surface area contributed by atoms with E-state index >= 15 is 0 Å². The first-order valence-electron chi connectivity index (χ1n) is 22.0. The van der Waals surface area contributed by atoms with Crippen LogP contribution in [0, 0.1) is 23.2 Å². The predicted molar refractivity (Wildman–Crippen MR) is 247 cm³/mol. The topological polar surface area (TPSA) is 250 Å². The van der Waals surface area contributed by atoms with Crippen LogP contribution in [-0.4, -0.2) is 103 Å². The molecule has 1 aliphatic carbocycles. The minimum atomic E-state index is -3.93. The van der Waals surface area contributed by atoms with Crippen LogP contribution < -0.4 is 15.6 Å². The number of nitrogens with one attached hydrogen (secondary N) is 2. The van der Waals surface area contributed by atoms with Gasteiger partial charge in [-0.3, -0.25) is 24.4 Å². The fourth-order valence-electron chi connectivity index (χ4n) is 8.74. The van der Waals surface area contributed by atoms with Gasteiger partial charge in [0.15, 0.2) is 11.9 Å². The standard InChI is InChI=1S/C40H61N7O13P2SSi2/c1-23(2)37(48)45-40-44-36-30(38(49)46-40)13-16-47(36)39-35(34-32(56-39)21-54-64(24(3)4,25(5)6)60-65(59-34,26(7)8)27(9)10)58-62(63,52-17-11-14-41)53-20-28-18-29(19-31(28)57-61(50)51)55-33-12-15-42-22-43-33/h12-13,15-16,22-29,31-32,34-35,39H,11,17-21H2,1-10H3,(H2-,44,45,46,48,49,50,51)/p+1/t28-,29-,31+,32-,34-,35-,39-,62-/m1/s1. The Morgan fingerprint density at radius 2 is 1.80 bits per heavy atom. The van der Waals surface area contributed by atoms with Crippen LogP contribution in [0.4, 0.5) is 5.95 Å². The number of rotatable bonds is 19. The van der Waals surface area contributed by atoms with E-state index in [1.165, 1.54) is 6.33 Å². The van der Waals surface area contributed by atoms with E-state index in [2.05, 4.69) is 86.7 Å². The van der Waals surface area contributed by atoms with Crippen LogP contribution in [0.25, 0.3) is 11.0 Å². The molecular weight excluding hydrogens is 937 g/mol. The molecule has 5 heterocycles. The number of H-pyrrole nitrogens is 1. The molecule has 0 radical (unpaired) electrons. The zero-order chi connectivity index (χ0) is 47.4. The summed E-state index contributed by atoms with van der Waals surface area (Å²) in [5, 5.41) is 12.5. The molecule has 1 unspecified atom stereocenters. The van der Waals surface area contributed by atoms with Crippen LogP contribution in [0.2, 0.25) is 22.2 Å². The molecule has 0 bridgehead atoms. The Hall–Kier alpha value is -2.92. The fraction of sp³-hybridized carbons (Fsp3) is 0.700. The number of aromatic amines is 1. The number of amides is 1. The molecule has 3 fully saturated rings. The van der Waals surface area contributed by atoms with Crippen molar-refractivity contribution >= 4 is 66.8 Å². The molecule has 3 aromatic rings. The molecule has 3 N–H and O–H groups in total. The van der Waals surface area contributed by atoms with Crippen molar-refractivity contribution in [2.45, 2.75) is 147 Å². The van der Waals surface area contributed by atoms with Crippen molar-refractivity contribution in [2.24, 2.45) is 11.8 Å². The average molecular weight is 999 g/mol. The summed E-state index contributed by atoms with van der Waals surface area (Å²) >= 11 is 6.21. The van der Waals surface area contributed by atoms with Crippen LogP contribution >= 0.6 is 15.0 Å². The number of anilines is 1. The van der Waals surface area contributed by atoms with Crippen molar-refractivity contribution < 1.29 is 54.8 Å². The van der Waals surface area contributed by atoms with Crippen molar-refractivity contribution in [2.75, 3.05) is 25.1 Å². The quantitative estimate of drug-likeness (QED) is 0.0600. The number of fused-ring (bicyclic) bond motifs is 2. The summed E-state index contributed by atoms with van der Waals surface area (Å²) in [4.78, 5) is 51.5. The lowest BCUT2D eigenvalue weighted by molar-refractivity contribution is -0.118. The van der Waals surface area contributed by atoms with E-state index in [1.54, 1.807) is 42.9 Å². The highest BCUT2D eigenvalue weighted by Crippen LogP contribution is 2.57. The molecule has 1 saturated carbocycles. The Morgan fingerprint density at radius 1 is 1.09 bits per heavy atom. The number of carbonyl (C=O) groups excluding carboxylic acids is 1. The van der Waals surface area contributed by atoms with E-state index in [-0.39, 0.29) is 77.7 Å². The zero-order valence-corrected chi connectivity index (χ0v) is 43.0. The van der Waals surface area contributed by atoms with Gasteiger partial charge in [-0.2, -0.15) is 10.2 Å². The third-order valence-electron chi connectivity index (χ3n) is 12.1. The monoisotopic (exact) mass is 998 g/mol. The molecule has 0 spiro atoms. The molecule has 3 aliphatic rings. The molecule has 6 rings (SSSR count). The van der Waals surface area contributed by atoms with Crippen molar-refractivity contribution in [3.05, 3.63) is 41.2 Å². The van der Waals surface area contributed by atoms with Crippen LogP contribution in [0.15, 0.2) is 35.6 Å². The molecular formula is C40H62N7O13P2SSi2+. The molecule has 1 amide bonds. The predicted octanol–water partition coefficient (Wildman–Crippen LogP) is 7.41. The lowest BCUT2D eigenvalue weighted by Gasteiger charge is -2.51. The van der Waals surface area contributed by atoms with Gasteiger partial charge in [-0.25, -0.2) is 9.97 Å². The molecule has 0 aromatic carbocycles. The number of ether oxygens (including phenoxy) is 2. The molecule has 20 nitrogen and oxygen atoms in total. The van der Waals surface area contributed by atoms with Gasteiger partial charge in [0.1, 0.15) is 36.8 Å². The maximum Gasteiger partial charge on any atom is 0.695 e. The van der Waals surface area contributed by atoms with Gasteiger partial charge in [0, 0.05) is 41.3 Å². The number of nitrogens with zero attached hydrogens (tertiary/aromatic N) is 5. The molecule has 9 atom stereocenters. The Balaban J connectivity index is 1.44. The zero-order valence-electron chi connectivity index (χ0n) is 38.4. The SMILES string of the molecule is CC(C)C(=O)Nc1nc2c(ccn2[C@@H]2O[C@@H]3CO[Si](C(C)C)(C(C)C)O[Si](C(C)C)(C(C)C)O[C@H]3[C@H]2O[P@@](=S)(OCCC#N)OC[C@H]2C[C@@H](Oc3ccncn3)C[C@@H]2O[P+](=O)O)c(=O)[nH]1. The highest BCUT2D eigenvalue weighted by atomic mass is 32.5. The molecule has 2 saturated heterocycles. The molecule has 25 heteroatoms. The maximum atomic E-state index is 13.5. The highest BCUT2D eigenvalue weighted by molar-refractivity contribution is 8.07. The van der Waals surface area contributed by atoms with E-state index in [9.17, 15) is 24.3 Å². The number of hydrogen-bond acceptors (Lipinski definition) is 17. The number of nitriles is 1. The van der Waals surface area contributed by atoms with Gasteiger partial charge in [0.2, 0.25) is 17.7 Å². The third-order valence-corrected chi connectivity index (χ3v) is 25.1. The highest BCUT2D eigenvalue weighted by Gasteiger charge is 2.63. The van der Waals surface area contributed by atoms with Crippen LogP contribution in [0.5, 0.6) is 5.88 Å². The summed E-state index contributed by atoms with van der Waals surface area (Å²) in [5.74, 6) is -0.989. The Labute approximate surface area is 387 Å². The van der Waals surface area contributed by atoms with E-state index < -0.39 is 86.2 Å². The van der Waals surface area contributed by atoms with E-state index in [0.29, 0.717) is 12.3 Å². The Morgan fingerprint density at radius 3 is 2.42 bits per heavy atom. The van der Waals surface area contributed by atoms with E-state index in [4.69, 9.17) is 52.3 Å². The molecule has 358 valence electrons. The maximum absolute atomic E-state index is 13.5. The number of aromatic nitrogens is 5. The number of hydrogen-bond donors (Lipinski definition) is 3. The summed E-state index contributed by atoms with van der Waals surface area (Å²) in [6, 6.07) is 5.27. The van der Waals surface area contributed by atoms with Crippen LogP contribution in [0.3, 0.4) is 0 Å². The van der Waals surface area contributed by atoms with Crippen molar-refractivity contribution in [1.29, 1.82) is 5.26 Å². The van der Waals surface area contributed by atoms with Crippen molar-refractivity contribution in [3.8, 4) is 11.9 Å². The summed E-state index contributed by atoms with van der Waals surface area (Å²) in [7, 11) is -9.34. The molecule has 65 heavy (non-hydrogen) atoms. The third kappa shape index (κ3) is 11.5. The first-order chi connectivity index (χ1) is 30.7. The summed E-state index contributed by atoms with van der Waals surface area (Å²) in [6.07, 6.45) is -0.0380. The van der Waals surface area contributed by atoms with Gasteiger partial charge < -0.3 is 36.1 Å². The molecule has 3 aromatic heterocycles. The van der Waals surface area contributed by atoms with Crippen LogP contribution in [0.1, 0.15) is 94.7 Å². The van der Waals surface area contributed by atoms with Gasteiger partial charge >= 0.3 is 32.1 Å². The van der Waals surface area contributed by atoms with E-state index in [1.807, 2.05) is 0 Å². The first kappa shape index (κ1) is 51.5. The lowest BCUT2D eigenvalue weighted by Crippen LogP contribution is -2.65. The summed E-state index contributed by atoms with van der Waals surface area (Å²) in [6.45, 7) is 16.2. The largest absolute Gasteiger partial charge is 0.695 e. The van der Waals surface area contributed by atoms with Crippen molar-refractivity contribution in [1.82, 2.24) is 24.5 Å². The normalized spacial score (nSPS) is 26.6. The fourth-order valence-corrected chi connectivity index (χ4v) is 22.5. The van der Waals surface area contributed by atoms with Gasteiger partial charge in [0.05, 0.1) is 37.7 Å². The second-order valence-corrected chi connectivity index (χ2v) is 30.6. The molecule has 2 aliphatic heterocycles. The second kappa shape index (κ2) is 21.6. The van der Waals surface area contributed by atoms with Gasteiger partial charge in [-0.15, -0.1) is 9.42 Å². The summed E-state index contributed by atoms with van der Waals surface area (Å²) < 4.78 is 74.0. The van der Waals surface area contributed by atoms with Gasteiger partial charge in [-0.05, 0) is 46.5 Å². The first-order valence-corrected chi connectivity index (χ1v) is 29.6.